The topological polar surface area (TPSA) is 88.4 Å². The van der Waals surface area contributed by atoms with Gasteiger partial charge >= 0.3 is 5.97 Å². The molecule has 0 aliphatic carbocycles. The lowest BCUT2D eigenvalue weighted by molar-refractivity contribution is -0.136. The Morgan fingerprint density at radius 1 is 1.11 bits per heavy atom. The molecule has 186 valence electrons. The number of Topliss-reactive ketones (excluding diaryl/α,β-unsaturated/α-hetero) is 1. The van der Waals surface area contributed by atoms with E-state index in [1.165, 1.54) is 0 Å². The van der Waals surface area contributed by atoms with Gasteiger partial charge in [0.25, 0.3) is 5.91 Å². The second kappa shape index (κ2) is 12.4. The van der Waals surface area contributed by atoms with Crippen LogP contribution in [0.3, 0.4) is 0 Å². The van der Waals surface area contributed by atoms with E-state index in [1.54, 1.807) is 12.1 Å². The minimum atomic E-state index is -0.963. The van der Waals surface area contributed by atoms with Crippen molar-refractivity contribution < 1.29 is 19.5 Å². The van der Waals surface area contributed by atoms with Gasteiger partial charge in [-0.05, 0) is 54.8 Å². The van der Waals surface area contributed by atoms with Gasteiger partial charge in [0.15, 0.2) is 5.78 Å². The van der Waals surface area contributed by atoms with E-state index in [-0.39, 0.29) is 30.6 Å². The number of aromatic nitrogens is 1. The highest BCUT2D eigenvalue weighted by molar-refractivity contribution is 9.10. The molecule has 1 atom stereocenters. The lowest BCUT2D eigenvalue weighted by Gasteiger charge is -2.18. The number of carbonyl (C=O) groups is 3. The number of hydrogen-bond acceptors (Lipinski definition) is 3. The van der Waals surface area contributed by atoms with Crippen molar-refractivity contribution in [3.63, 3.8) is 0 Å². The second-order valence-electron chi connectivity index (χ2n) is 8.76. The number of aryl methyl sites for hydroxylation is 1. The van der Waals surface area contributed by atoms with E-state index in [0.717, 1.165) is 46.6 Å². The van der Waals surface area contributed by atoms with E-state index >= 15 is 0 Å². The first kappa shape index (κ1) is 27.0. The number of rotatable bonds is 12. The summed E-state index contributed by atoms with van der Waals surface area (Å²) in [5, 5.41) is 12.9. The van der Waals surface area contributed by atoms with E-state index < -0.39 is 5.97 Å². The van der Waals surface area contributed by atoms with Crippen LogP contribution in [-0.4, -0.2) is 33.9 Å². The van der Waals surface area contributed by atoms with Crippen molar-refractivity contribution in [2.24, 2.45) is 13.0 Å². The zero-order valence-corrected chi connectivity index (χ0v) is 22.3. The quantitative estimate of drug-likeness (QED) is 0.197. The number of carboxylic acids is 1. The van der Waals surface area contributed by atoms with Crippen LogP contribution in [-0.2, 0) is 18.3 Å². The summed E-state index contributed by atoms with van der Waals surface area (Å²) in [7, 11) is 1.90. The lowest BCUT2D eigenvalue weighted by Crippen LogP contribution is -2.26. The molecule has 0 spiro atoms. The fourth-order valence-electron chi connectivity index (χ4n) is 4.24. The van der Waals surface area contributed by atoms with Crippen LogP contribution in [0.15, 0.2) is 46.9 Å². The number of halogens is 2. The summed E-state index contributed by atoms with van der Waals surface area (Å²) in [5.41, 5.74) is 3.01. The van der Waals surface area contributed by atoms with Crippen LogP contribution in [0.5, 0.6) is 0 Å². The third-order valence-electron chi connectivity index (χ3n) is 6.19. The van der Waals surface area contributed by atoms with Crippen molar-refractivity contribution in [3.8, 4) is 0 Å². The van der Waals surface area contributed by atoms with Crippen LogP contribution in [0.2, 0.25) is 5.02 Å². The van der Waals surface area contributed by atoms with Crippen LogP contribution in [0, 0.1) is 5.92 Å². The monoisotopic (exact) mass is 560 g/mol. The van der Waals surface area contributed by atoms with Gasteiger partial charge in [-0.25, -0.2) is 0 Å². The number of aliphatic carboxylic acids is 1. The van der Waals surface area contributed by atoms with Gasteiger partial charge in [0, 0.05) is 45.5 Å². The number of ketones is 1. The van der Waals surface area contributed by atoms with E-state index in [2.05, 4.69) is 28.2 Å². The lowest BCUT2D eigenvalue weighted by atomic mass is 9.88. The molecule has 0 aliphatic heterocycles. The average Bonchev–Trinajstić information content (AvgIpc) is 3.14. The molecule has 0 unspecified atom stereocenters. The maximum Gasteiger partial charge on any atom is 0.305 e. The van der Waals surface area contributed by atoms with Crippen molar-refractivity contribution in [2.45, 2.75) is 45.4 Å². The summed E-state index contributed by atoms with van der Waals surface area (Å²) in [6.07, 6.45) is 4.29. The van der Waals surface area contributed by atoms with Gasteiger partial charge in [-0.3, -0.25) is 14.4 Å². The molecule has 0 aliphatic rings. The molecule has 35 heavy (non-hydrogen) atoms. The third kappa shape index (κ3) is 6.95. The molecular formula is C27H30BrClN2O4. The minimum Gasteiger partial charge on any atom is -0.481 e. The zero-order valence-electron chi connectivity index (χ0n) is 19.9. The van der Waals surface area contributed by atoms with Crippen LogP contribution in [0.1, 0.15) is 65.4 Å². The molecule has 2 aromatic carbocycles. The van der Waals surface area contributed by atoms with E-state index in [1.807, 2.05) is 41.9 Å². The Labute approximate surface area is 218 Å². The Balaban J connectivity index is 1.81. The molecule has 1 amide bonds. The SMILES string of the molecule is CCCCC[C@H](Cc1ccc(C(=O)NCCC(=O)O)cc1Br)C(=O)c1cc2cc(Cl)ccc2n1C. The number of nitrogens with one attached hydrogen (secondary N) is 1. The summed E-state index contributed by atoms with van der Waals surface area (Å²) in [5.74, 6) is -1.40. The molecule has 6 nitrogen and oxygen atoms in total. The highest BCUT2D eigenvalue weighted by Crippen LogP contribution is 2.29. The van der Waals surface area contributed by atoms with Gasteiger partial charge in [-0.1, -0.05) is 59.8 Å². The van der Waals surface area contributed by atoms with Crippen molar-refractivity contribution in [3.05, 3.63) is 68.8 Å². The number of carbonyl (C=O) groups excluding carboxylic acids is 2. The van der Waals surface area contributed by atoms with Crippen molar-refractivity contribution in [2.75, 3.05) is 6.54 Å². The number of hydrogen-bond donors (Lipinski definition) is 2. The Hall–Kier alpha value is -2.64. The largest absolute Gasteiger partial charge is 0.481 e. The predicted molar refractivity (Wildman–Crippen MR) is 142 cm³/mol. The fourth-order valence-corrected chi connectivity index (χ4v) is 4.96. The first-order valence-corrected chi connectivity index (χ1v) is 13.0. The fraction of sp³-hybridized carbons (Fsp3) is 0.370. The maximum atomic E-state index is 13.7. The highest BCUT2D eigenvalue weighted by atomic mass is 79.9. The number of nitrogens with zero attached hydrogens (tertiary/aromatic N) is 1. The van der Waals surface area contributed by atoms with Gasteiger partial charge in [-0.2, -0.15) is 0 Å². The first-order chi connectivity index (χ1) is 16.7. The van der Waals surface area contributed by atoms with E-state index in [0.29, 0.717) is 22.7 Å². The molecule has 0 radical (unpaired) electrons. The van der Waals surface area contributed by atoms with Gasteiger partial charge < -0.3 is 15.0 Å². The molecule has 1 heterocycles. The number of unbranched alkanes of at least 4 members (excludes halogenated alkanes) is 2. The van der Waals surface area contributed by atoms with E-state index in [4.69, 9.17) is 16.7 Å². The zero-order chi connectivity index (χ0) is 25.5. The smallest absolute Gasteiger partial charge is 0.305 e. The van der Waals surface area contributed by atoms with Crippen molar-refractivity contribution in [1.29, 1.82) is 0 Å². The molecule has 2 N–H and O–H groups in total. The molecule has 1 aromatic heterocycles. The Morgan fingerprint density at radius 2 is 1.89 bits per heavy atom. The number of fused-ring (bicyclic) bond motifs is 1. The Kier molecular flexibility index (Phi) is 9.52. The molecule has 0 saturated heterocycles. The van der Waals surface area contributed by atoms with Gasteiger partial charge in [0.1, 0.15) is 0 Å². The number of carboxylic acid groups (broad SMARTS) is 1. The van der Waals surface area contributed by atoms with Crippen LogP contribution < -0.4 is 5.32 Å². The van der Waals surface area contributed by atoms with Crippen LogP contribution in [0.4, 0.5) is 0 Å². The standard InChI is InChI=1S/C27H30BrClN2O4/c1-3-4-5-6-18(26(34)24-16-20-14-21(29)9-10-23(20)31(24)2)13-17-7-8-19(15-22(17)28)27(35)30-12-11-25(32)33/h7-10,14-16,18H,3-6,11-13H2,1-2H3,(H,30,35)(H,32,33)/t18-/m1/s1. The van der Waals surface area contributed by atoms with Gasteiger partial charge in [0.05, 0.1) is 12.1 Å². The van der Waals surface area contributed by atoms with Crippen molar-refractivity contribution >= 4 is 56.1 Å². The second-order valence-corrected chi connectivity index (χ2v) is 10.0. The van der Waals surface area contributed by atoms with Gasteiger partial charge in [0.2, 0.25) is 0 Å². The molecule has 0 fully saturated rings. The molecule has 0 bridgehead atoms. The summed E-state index contributed by atoms with van der Waals surface area (Å²) in [4.78, 5) is 36.7. The first-order valence-electron chi connectivity index (χ1n) is 11.8. The average molecular weight is 562 g/mol. The van der Waals surface area contributed by atoms with E-state index in [9.17, 15) is 14.4 Å². The molecule has 8 heteroatoms. The molecule has 0 saturated carbocycles. The predicted octanol–water partition coefficient (Wildman–Crippen LogP) is 6.42. The van der Waals surface area contributed by atoms with Gasteiger partial charge in [-0.15, -0.1) is 0 Å². The molecular weight excluding hydrogens is 532 g/mol. The highest BCUT2D eigenvalue weighted by Gasteiger charge is 2.24. The summed E-state index contributed by atoms with van der Waals surface area (Å²) in [6.45, 7) is 2.21. The third-order valence-corrected chi connectivity index (χ3v) is 7.16. The Bertz CT molecular complexity index is 1240. The molecule has 3 rings (SSSR count). The summed E-state index contributed by atoms with van der Waals surface area (Å²) < 4.78 is 2.68. The minimum absolute atomic E-state index is 0.0672. The normalized spacial score (nSPS) is 12.0. The number of benzene rings is 2. The summed E-state index contributed by atoms with van der Waals surface area (Å²) in [6, 6.07) is 12.8. The summed E-state index contributed by atoms with van der Waals surface area (Å²) >= 11 is 9.72. The van der Waals surface area contributed by atoms with Crippen molar-refractivity contribution in [1.82, 2.24) is 9.88 Å². The molecule has 3 aromatic rings. The maximum absolute atomic E-state index is 13.7. The van der Waals surface area contributed by atoms with Crippen LogP contribution >= 0.6 is 27.5 Å². The van der Waals surface area contributed by atoms with Crippen LogP contribution in [0.25, 0.3) is 10.9 Å². The number of amides is 1. The Morgan fingerprint density at radius 3 is 2.57 bits per heavy atom.